The first-order chi connectivity index (χ1) is 7.34. The Labute approximate surface area is 104 Å². The van der Waals surface area contributed by atoms with Crippen LogP contribution in [0.5, 0.6) is 0 Å². The Balaban J connectivity index is 3.04. The summed E-state index contributed by atoms with van der Waals surface area (Å²) in [7, 11) is 0. The number of hydrogen-bond acceptors (Lipinski definition) is 1. The summed E-state index contributed by atoms with van der Waals surface area (Å²) < 4.78 is 37.6. The van der Waals surface area contributed by atoms with Gasteiger partial charge in [-0.2, -0.15) is 13.2 Å². The van der Waals surface area contributed by atoms with Gasteiger partial charge in [-0.05, 0) is 23.8 Å². The Morgan fingerprint density at radius 3 is 2.50 bits per heavy atom. The molecule has 0 amide bonds. The maximum absolute atomic E-state index is 12.4. The molecular weight excluding hydrogens is 308 g/mol. The summed E-state index contributed by atoms with van der Waals surface area (Å²) in [5, 5.41) is 0. The monoisotopic (exact) mass is 314 g/mol. The van der Waals surface area contributed by atoms with Crippen molar-refractivity contribution in [3.8, 4) is 0 Å². The minimum absolute atomic E-state index is 0.103. The lowest BCUT2D eigenvalue weighted by Crippen LogP contribution is -2.09. The van der Waals surface area contributed by atoms with Crippen molar-refractivity contribution in [3.63, 3.8) is 0 Å². The van der Waals surface area contributed by atoms with Crippen LogP contribution in [0.25, 0.3) is 0 Å². The standard InChI is InChI=1S/C10H7BrClF3O/c11-9-2-1-7(10(13,14)15)3-6(9)4-8(16)5-12/h1-3H,4-5H2. The number of carbonyl (C=O) groups excluding carboxylic acids is 1. The molecule has 1 nitrogen and oxygen atoms in total. The van der Waals surface area contributed by atoms with E-state index in [-0.39, 0.29) is 18.1 Å². The summed E-state index contributed by atoms with van der Waals surface area (Å²) >= 11 is 8.39. The van der Waals surface area contributed by atoms with Crippen LogP contribution < -0.4 is 0 Å². The molecule has 6 heteroatoms. The number of benzene rings is 1. The number of alkyl halides is 4. The molecule has 0 aliphatic heterocycles. The molecule has 0 bridgehead atoms. The van der Waals surface area contributed by atoms with Crippen LogP contribution in [0, 0.1) is 0 Å². The second-order valence-corrected chi connectivity index (χ2v) is 4.27. The van der Waals surface area contributed by atoms with Gasteiger partial charge in [0, 0.05) is 10.9 Å². The van der Waals surface area contributed by atoms with Crippen molar-refractivity contribution in [3.05, 3.63) is 33.8 Å². The molecule has 88 valence electrons. The minimum atomic E-state index is -4.40. The quantitative estimate of drug-likeness (QED) is 0.775. The van der Waals surface area contributed by atoms with E-state index >= 15 is 0 Å². The van der Waals surface area contributed by atoms with E-state index in [9.17, 15) is 18.0 Å². The van der Waals surface area contributed by atoms with Gasteiger partial charge in [0.25, 0.3) is 0 Å². The molecule has 0 saturated heterocycles. The zero-order valence-electron chi connectivity index (χ0n) is 7.94. The van der Waals surface area contributed by atoms with Crippen molar-refractivity contribution in [1.82, 2.24) is 0 Å². The molecule has 0 heterocycles. The summed E-state index contributed by atoms with van der Waals surface area (Å²) in [6.07, 6.45) is -4.51. The van der Waals surface area contributed by atoms with Crippen LogP contribution in [0.15, 0.2) is 22.7 Å². The smallest absolute Gasteiger partial charge is 0.298 e. The Bertz CT molecular complexity index is 404. The fourth-order valence-corrected chi connectivity index (χ4v) is 1.63. The van der Waals surface area contributed by atoms with E-state index in [4.69, 9.17) is 11.6 Å². The number of rotatable bonds is 3. The van der Waals surface area contributed by atoms with Crippen molar-refractivity contribution in [1.29, 1.82) is 0 Å². The second kappa shape index (κ2) is 5.19. The number of halogens is 5. The Morgan fingerprint density at radius 2 is 2.00 bits per heavy atom. The average Bonchev–Trinajstić information content (AvgIpc) is 2.19. The molecule has 0 aliphatic carbocycles. The first-order valence-electron chi connectivity index (χ1n) is 4.28. The second-order valence-electron chi connectivity index (χ2n) is 3.15. The number of ketones is 1. The van der Waals surface area contributed by atoms with E-state index in [1.165, 1.54) is 6.07 Å². The van der Waals surface area contributed by atoms with Crippen molar-refractivity contribution < 1.29 is 18.0 Å². The molecular formula is C10H7BrClF3O. The Hall–Kier alpha value is -0.550. The number of carbonyl (C=O) groups is 1. The highest BCUT2D eigenvalue weighted by atomic mass is 79.9. The molecule has 1 aromatic rings. The van der Waals surface area contributed by atoms with Crippen LogP contribution in [0.4, 0.5) is 13.2 Å². The molecule has 1 aromatic carbocycles. The van der Waals surface area contributed by atoms with Gasteiger partial charge in [-0.3, -0.25) is 4.79 Å². The molecule has 0 N–H and O–H groups in total. The van der Waals surface area contributed by atoms with Crippen LogP contribution in [0.3, 0.4) is 0 Å². The molecule has 0 atom stereocenters. The van der Waals surface area contributed by atoms with Gasteiger partial charge in [0.2, 0.25) is 0 Å². The van der Waals surface area contributed by atoms with E-state index in [2.05, 4.69) is 15.9 Å². The van der Waals surface area contributed by atoms with Crippen molar-refractivity contribution in [2.45, 2.75) is 12.6 Å². The van der Waals surface area contributed by atoms with Crippen LogP contribution >= 0.6 is 27.5 Å². The largest absolute Gasteiger partial charge is 0.416 e. The summed E-state index contributed by atoms with van der Waals surface area (Å²) in [6, 6.07) is 3.19. The van der Waals surface area contributed by atoms with E-state index in [1.807, 2.05) is 0 Å². The lowest BCUT2D eigenvalue weighted by Gasteiger charge is -2.09. The van der Waals surface area contributed by atoms with Gasteiger partial charge in [-0.1, -0.05) is 15.9 Å². The van der Waals surface area contributed by atoms with Crippen LogP contribution in [-0.2, 0) is 17.4 Å². The first-order valence-corrected chi connectivity index (χ1v) is 5.60. The maximum atomic E-state index is 12.4. The fraction of sp³-hybridized carbons (Fsp3) is 0.300. The number of Topliss-reactive ketones (excluding diaryl/α,β-unsaturated/α-hetero) is 1. The molecule has 0 fully saturated rings. The van der Waals surface area contributed by atoms with Gasteiger partial charge >= 0.3 is 6.18 Å². The highest BCUT2D eigenvalue weighted by molar-refractivity contribution is 9.10. The van der Waals surface area contributed by atoms with Gasteiger partial charge in [-0.15, -0.1) is 11.6 Å². The van der Waals surface area contributed by atoms with Crippen molar-refractivity contribution in [2.24, 2.45) is 0 Å². The van der Waals surface area contributed by atoms with E-state index in [0.717, 1.165) is 12.1 Å². The Morgan fingerprint density at radius 1 is 1.38 bits per heavy atom. The van der Waals surface area contributed by atoms with E-state index in [1.54, 1.807) is 0 Å². The zero-order chi connectivity index (χ0) is 12.3. The molecule has 0 unspecified atom stereocenters. The molecule has 0 saturated carbocycles. The summed E-state index contributed by atoms with van der Waals surface area (Å²) in [4.78, 5) is 11.1. The van der Waals surface area contributed by atoms with Crippen molar-refractivity contribution >= 4 is 33.3 Å². The van der Waals surface area contributed by atoms with Gasteiger partial charge in [0.1, 0.15) is 0 Å². The van der Waals surface area contributed by atoms with Crippen molar-refractivity contribution in [2.75, 3.05) is 5.88 Å². The lowest BCUT2D eigenvalue weighted by molar-refractivity contribution is -0.137. The number of hydrogen-bond donors (Lipinski definition) is 0. The van der Waals surface area contributed by atoms with E-state index in [0.29, 0.717) is 10.0 Å². The van der Waals surface area contributed by atoms with Gasteiger partial charge in [0.05, 0.1) is 11.4 Å². The van der Waals surface area contributed by atoms with E-state index < -0.39 is 11.7 Å². The molecule has 0 aromatic heterocycles. The van der Waals surface area contributed by atoms with Crippen LogP contribution in [-0.4, -0.2) is 11.7 Å². The summed E-state index contributed by atoms with van der Waals surface area (Å²) in [5.74, 6) is -0.524. The summed E-state index contributed by atoms with van der Waals surface area (Å²) in [5.41, 5.74) is -0.478. The molecule has 0 aliphatic rings. The fourth-order valence-electron chi connectivity index (χ4n) is 1.15. The van der Waals surface area contributed by atoms with Gasteiger partial charge in [-0.25, -0.2) is 0 Å². The Kier molecular flexibility index (Phi) is 4.38. The molecule has 0 spiro atoms. The minimum Gasteiger partial charge on any atom is -0.298 e. The van der Waals surface area contributed by atoms with Crippen LogP contribution in [0.1, 0.15) is 11.1 Å². The van der Waals surface area contributed by atoms with Gasteiger partial charge < -0.3 is 0 Å². The highest BCUT2D eigenvalue weighted by Gasteiger charge is 2.30. The molecule has 0 radical (unpaired) electrons. The zero-order valence-corrected chi connectivity index (χ0v) is 10.3. The third-order valence-electron chi connectivity index (χ3n) is 1.91. The topological polar surface area (TPSA) is 17.1 Å². The molecule has 16 heavy (non-hydrogen) atoms. The maximum Gasteiger partial charge on any atom is 0.416 e. The molecule has 1 rings (SSSR count). The normalized spacial score (nSPS) is 11.6. The first kappa shape index (κ1) is 13.5. The predicted octanol–water partition coefficient (Wildman–Crippen LogP) is 3.82. The highest BCUT2D eigenvalue weighted by Crippen LogP contribution is 2.32. The SMILES string of the molecule is O=C(CCl)Cc1cc(C(F)(F)F)ccc1Br. The predicted molar refractivity (Wildman–Crippen MR) is 58.6 cm³/mol. The summed E-state index contributed by atoms with van der Waals surface area (Å²) in [6.45, 7) is 0. The van der Waals surface area contributed by atoms with Crippen LogP contribution in [0.2, 0.25) is 0 Å². The lowest BCUT2D eigenvalue weighted by atomic mass is 10.1. The third kappa shape index (κ3) is 3.49. The third-order valence-corrected chi connectivity index (χ3v) is 2.98. The van der Waals surface area contributed by atoms with Gasteiger partial charge in [0.15, 0.2) is 5.78 Å². The average molecular weight is 316 g/mol.